The average molecular weight is 337 g/mol. The molecule has 0 aromatic heterocycles. The predicted molar refractivity (Wildman–Crippen MR) is 91.6 cm³/mol. The first-order chi connectivity index (χ1) is 11.7. The van der Waals surface area contributed by atoms with Gasteiger partial charge in [0.1, 0.15) is 0 Å². The Bertz CT molecular complexity index is 443. The first kappa shape index (κ1) is 17.7. The molecule has 1 aliphatic carbocycles. The normalized spacial score (nSPS) is 27.0. The van der Waals surface area contributed by atoms with Gasteiger partial charge < -0.3 is 14.5 Å². The van der Waals surface area contributed by atoms with Crippen LogP contribution in [-0.4, -0.2) is 85.5 Å². The molecule has 0 N–H and O–H groups in total. The van der Waals surface area contributed by atoms with Crippen molar-refractivity contribution < 1.29 is 14.3 Å². The zero-order chi connectivity index (χ0) is 16.9. The van der Waals surface area contributed by atoms with E-state index >= 15 is 0 Å². The minimum atomic E-state index is 0.00817. The maximum Gasteiger partial charge on any atom is 0.227 e. The molecule has 0 spiro atoms. The van der Waals surface area contributed by atoms with Crippen LogP contribution in [-0.2, 0) is 14.3 Å². The lowest BCUT2D eigenvalue weighted by Crippen LogP contribution is -2.54. The first-order valence-corrected chi connectivity index (χ1v) is 9.48. The van der Waals surface area contributed by atoms with Gasteiger partial charge in [-0.1, -0.05) is 12.8 Å². The fourth-order valence-corrected chi connectivity index (χ4v) is 4.31. The van der Waals surface area contributed by atoms with Crippen LogP contribution in [0.2, 0.25) is 0 Å². The second-order valence-electron chi connectivity index (χ2n) is 7.38. The summed E-state index contributed by atoms with van der Waals surface area (Å²) in [6, 6.07) is 0.388. The van der Waals surface area contributed by atoms with Gasteiger partial charge in [0, 0.05) is 58.8 Å². The van der Waals surface area contributed by atoms with E-state index in [1.165, 1.54) is 12.8 Å². The number of methoxy groups -OCH3 is 1. The van der Waals surface area contributed by atoms with Crippen molar-refractivity contribution >= 4 is 11.8 Å². The molecule has 3 aliphatic rings. The zero-order valence-corrected chi connectivity index (χ0v) is 14.9. The summed E-state index contributed by atoms with van der Waals surface area (Å²) >= 11 is 0. The number of piperidine rings is 1. The number of ether oxygens (including phenoxy) is 1. The molecule has 2 heterocycles. The summed E-state index contributed by atoms with van der Waals surface area (Å²) in [5.41, 5.74) is 0. The molecule has 6 heteroatoms. The molecule has 3 rings (SSSR count). The van der Waals surface area contributed by atoms with Crippen LogP contribution in [0, 0.1) is 5.92 Å². The molecule has 2 saturated heterocycles. The van der Waals surface area contributed by atoms with Crippen LogP contribution < -0.4 is 0 Å². The highest BCUT2D eigenvalue weighted by Gasteiger charge is 2.37. The van der Waals surface area contributed by atoms with Crippen molar-refractivity contribution in [2.24, 2.45) is 5.92 Å². The third kappa shape index (κ3) is 4.09. The molecule has 0 radical (unpaired) electrons. The maximum absolute atomic E-state index is 12.9. The van der Waals surface area contributed by atoms with E-state index < -0.39 is 0 Å². The monoisotopic (exact) mass is 337 g/mol. The number of hydrogen-bond acceptors (Lipinski definition) is 4. The Balaban J connectivity index is 1.50. The molecule has 1 saturated carbocycles. The summed E-state index contributed by atoms with van der Waals surface area (Å²) in [5, 5.41) is 0. The van der Waals surface area contributed by atoms with Crippen LogP contribution in [0.25, 0.3) is 0 Å². The van der Waals surface area contributed by atoms with Gasteiger partial charge in [-0.3, -0.25) is 14.5 Å². The molecule has 6 nitrogen and oxygen atoms in total. The summed E-state index contributed by atoms with van der Waals surface area (Å²) in [4.78, 5) is 31.5. The number of nitrogens with zero attached hydrogens (tertiary/aromatic N) is 3. The molecule has 2 aliphatic heterocycles. The fourth-order valence-electron chi connectivity index (χ4n) is 4.31. The second-order valence-corrected chi connectivity index (χ2v) is 7.38. The third-order valence-electron chi connectivity index (χ3n) is 5.85. The van der Waals surface area contributed by atoms with E-state index in [0.717, 1.165) is 58.6 Å². The minimum Gasteiger partial charge on any atom is -0.383 e. The van der Waals surface area contributed by atoms with Crippen LogP contribution in [0.15, 0.2) is 0 Å². The van der Waals surface area contributed by atoms with Gasteiger partial charge in [0.25, 0.3) is 0 Å². The minimum absolute atomic E-state index is 0.00817. The molecule has 0 unspecified atom stereocenters. The maximum atomic E-state index is 12.9. The number of piperazine rings is 1. The fraction of sp³-hybridized carbons (Fsp3) is 0.889. The Labute approximate surface area is 145 Å². The molecular weight excluding hydrogens is 306 g/mol. The van der Waals surface area contributed by atoms with Gasteiger partial charge in [0.15, 0.2) is 0 Å². The highest BCUT2D eigenvalue weighted by Crippen LogP contribution is 2.29. The van der Waals surface area contributed by atoms with E-state index in [2.05, 4.69) is 4.90 Å². The van der Waals surface area contributed by atoms with Gasteiger partial charge in [-0.25, -0.2) is 0 Å². The quantitative estimate of drug-likeness (QED) is 0.750. The summed E-state index contributed by atoms with van der Waals surface area (Å²) in [5.74, 6) is 0.529. The molecule has 0 aromatic rings. The van der Waals surface area contributed by atoms with Gasteiger partial charge in [-0.05, 0) is 19.3 Å². The van der Waals surface area contributed by atoms with Crippen LogP contribution >= 0.6 is 0 Å². The van der Waals surface area contributed by atoms with Crippen LogP contribution in [0.1, 0.15) is 38.5 Å². The molecule has 3 fully saturated rings. The zero-order valence-electron chi connectivity index (χ0n) is 14.9. The lowest BCUT2D eigenvalue weighted by Gasteiger charge is -2.40. The largest absolute Gasteiger partial charge is 0.383 e. The van der Waals surface area contributed by atoms with Gasteiger partial charge >= 0.3 is 0 Å². The van der Waals surface area contributed by atoms with Gasteiger partial charge in [-0.2, -0.15) is 0 Å². The Kier molecular flexibility index (Phi) is 6.11. The molecule has 0 aromatic carbocycles. The van der Waals surface area contributed by atoms with Gasteiger partial charge in [-0.15, -0.1) is 0 Å². The molecule has 0 bridgehead atoms. The Morgan fingerprint density at radius 2 is 1.83 bits per heavy atom. The van der Waals surface area contributed by atoms with Crippen LogP contribution in [0.5, 0.6) is 0 Å². The summed E-state index contributed by atoms with van der Waals surface area (Å²) in [7, 11) is 1.72. The number of carbonyl (C=O) groups excluding carboxylic acids is 2. The van der Waals surface area contributed by atoms with E-state index in [9.17, 15) is 9.59 Å². The van der Waals surface area contributed by atoms with Crippen LogP contribution in [0.3, 0.4) is 0 Å². The number of carbonyl (C=O) groups is 2. The number of hydrogen-bond donors (Lipinski definition) is 0. The van der Waals surface area contributed by atoms with E-state index in [-0.39, 0.29) is 17.7 Å². The van der Waals surface area contributed by atoms with Crippen molar-refractivity contribution in [3.05, 3.63) is 0 Å². The van der Waals surface area contributed by atoms with Crippen molar-refractivity contribution in [2.45, 2.75) is 44.6 Å². The Morgan fingerprint density at radius 3 is 2.50 bits per heavy atom. The molecule has 136 valence electrons. The van der Waals surface area contributed by atoms with Crippen molar-refractivity contribution in [2.75, 3.05) is 53.0 Å². The van der Waals surface area contributed by atoms with E-state index in [0.29, 0.717) is 19.0 Å². The Hall–Kier alpha value is -1.14. The number of rotatable bonds is 5. The number of likely N-dealkylation sites (tertiary alicyclic amines) is 1. The summed E-state index contributed by atoms with van der Waals surface area (Å²) in [6.45, 7) is 5.78. The lowest BCUT2D eigenvalue weighted by atomic mass is 9.94. The molecule has 24 heavy (non-hydrogen) atoms. The highest BCUT2D eigenvalue weighted by molar-refractivity contribution is 5.84. The van der Waals surface area contributed by atoms with E-state index in [1.54, 1.807) is 7.11 Å². The van der Waals surface area contributed by atoms with Crippen molar-refractivity contribution in [1.29, 1.82) is 0 Å². The molecule has 1 atom stereocenters. The summed E-state index contributed by atoms with van der Waals surface area (Å²) in [6.07, 6.45) is 5.94. The molecule has 2 amide bonds. The Morgan fingerprint density at radius 1 is 1.12 bits per heavy atom. The first-order valence-electron chi connectivity index (χ1n) is 9.48. The predicted octanol–water partition coefficient (Wildman–Crippen LogP) is 0.958. The SMILES string of the molecule is COCCN1CCN(C(=O)[C@H]2CCC(=O)N(C3CCCC3)C2)CC1. The highest BCUT2D eigenvalue weighted by atomic mass is 16.5. The summed E-state index contributed by atoms with van der Waals surface area (Å²) < 4.78 is 5.12. The van der Waals surface area contributed by atoms with Crippen molar-refractivity contribution in [1.82, 2.24) is 14.7 Å². The second kappa shape index (κ2) is 8.30. The van der Waals surface area contributed by atoms with E-state index in [4.69, 9.17) is 4.74 Å². The number of amides is 2. The van der Waals surface area contributed by atoms with Crippen molar-refractivity contribution in [3.63, 3.8) is 0 Å². The third-order valence-corrected chi connectivity index (χ3v) is 5.85. The van der Waals surface area contributed by atoms with Crippen molar-refractivity contribution in [3.8, 4) is 0 Å². The molecular formula is C18H31N3O3. The smallest absolute Gasteiger partial charge is 0.227 e. The topological polar surface area (TPSA) is 53.1 Å². The average Bonchev–Trinajstić information content (AvgIpc) is 3.14. The van der Waals surface area contributed by atoms with Gasteiger partial charge in [0.2, 0.25) is 11.8 Å². The lowest BCUT2D eigenvalue weighted by molar-refractivity contribution is -0.145. The van der Waals surface area contributed by atoms with Gasteiger partial charge in [0.05, 0.1) is 12.5 Å². The standard InChI is InChI=1S/C18H31N3O3/c1-24-13-12-19-8-10-20(11-9-19)18(23)15-6-7-17(22)21(14-15)16-4-2-3-5-16/h15-16H,2-14H2,1H3/t15-/m0/s1. The van der Waals surface area contributed by atoms with E-state index in [1.807, 2.05) is 9.80 Å². The van der Waals surface area contributed by atoms with Crippen LogP contribution in [0.4, 0.5) is 0 Å².